The monoisotopic (exact) mass is 1150 g/mol. The Balaban J connectivity index is 0.989. The molecule has 0 radical (unpaired) electrons. The number of rotatable bonds is 11. The Morgan fingerprint density at radius 1 is 0.222 bits per heavy atom. The Morgan fingerprint density at radius 2 is 0.489 bits per heavy atom. The summed E-state index contributed by atoms with van der Waals surface area (Å²) in [6, 6.07) is 103. The van der Waals surface area contributed by atoms with E-state index in [1.807, 2.05) is 158 Å². The molecule has 16 rings (SSSR count). The fraction of sp³-hybridized carbons (Fsp3) is 0. The molecule has 0 aliphatic carbocycles. The number of fused-ring (bicyclic) bond motifs is 6. The smallest absolute Gasteiger partial charge is 0.164 e. The molecule has 90 heavy (non-hydrogen) atoms. The lowest BCUT2D eigenvalue weighted by Gasteiger charge is -2.22. The van der Waals surface area contributed by atoms with Crippen molar-refractivity contribution in [1.82, 2.24) is 39.0 Å². The van der Waals surface area contributed by atoms with E-state index < -0.39 is 0 Å². The molecule has 0 amide bonds. The van der Waals surface area contributed by atoms with Crippen molar-refractivity contribution in [2.45, 2.75) is 0 Å². The van der Waals surface area contributed by atoms with Gasteiger partial charge in [-0.1, -0.05) is 206 Å². The zero-order valence-corrected chi connectivity index (χ0v) is 48.2. The van der Waals surface area contributed by atoms with Crippen LogP contribution in [0.1, 0.15) is 11.1 Å². The summed E-state index contributed by atoms with van der Waals surface area (Å²) >= 11 is 0. The Bertz CT molecular complexity index is 5000. The van der Waals surface area contributed by atoms with Crippen LogP contribution in [0.5, 0.6) is 0 Å². The standard InChI is InChI=1S/C80H48N10/c81-49-51-37-41-59(65(45-51)67-47-57(39-43-73(67)89-69-33-17-13-29-61(69)62-30-14-18-34-70(62)89)79-85-75(53-21-5-1-6-22-53)83-76(86-79)54-23-7-2-8-24-54)60-42-38-52(50-82)46-66(60)68-48-58(40-44-74(68)90-71-35-19-15-31-63(71)64-32-16-20-36-72(64)90)80-87-77(55-25-9-3-10-26-55)84-78(88-80)56-27-11-4-12-28-56/h1-48H. The van der Waals surface area contributed by atoms with E-state index in [-0.39, 0.29) is 0 Å². The first-order valence-electron chi connectivity index (χ1n) is 29.6. The van der Waals surface area contributed by atoms with E-state index in [1.54, 1.807) is 0 Å². The van der Waals surface area contributed by atoms with Crippen LogP contribution in [0, 0.1) is 22.7 Å². The Morgan fingerprint density at radius 3 is 0.778 bits per heavy atom. The minimum Gasteiger partial charge on any atom is -0.309 e. The SMILES string of the molecule is N#Cc1ccc(-c2ccc(C#N)cc2-c2cc(-c3nc(-c4ccccc4)nc(-c4ccccc4)n3)ccc2-n2c3ccccc3c3ccccc32)c(-c2cc(-c3nc(-c4ccccc4)nc(-c4ccccc4)n3)ccc2-n2c3ccccc3c3ccccc32)c1. The van der Waals surface area contributed by atoms with Gasteiger partial charge < -0.3 is 9.13 Å². The molecule has 10 heteroatoms. The van der Waals surface area contributed by atoms with Crippen LogP contribution in [0.25, 0.3) is 157 Å². The first-order chi connectivity index (χ1) is 44.5. The maximum absolute atomic E-state index is 11.0. The summed E-state index contributed by atoms with van der Waals surface area (Å²) in [5.74, 6) is 3.10. The number of hydrogen-bond donors (Lipinski definition) is 0. The van der Waals surface area contributed by atoms with Crippen molar-refractivity contribution >= 4 is 43.6 Å². The first-order valence-corrected chi connectivity index (χ1v) is 29.6. The summed E-state index contributed by atoms with van der Waals surface area (Å²) in [6.07, 6.45) is 0. The molecule has 0 bridgehead atoms. The van der Waals surface area contributed by atoms with Gasteiger partial charge in [-0.05, 0) is 107 Å². The number of nitriles is 2. The van der Waals surface area contributed by atoms with Gasteiger partial charge >= 0.3 is 0 Å². The van der Waals surface area contributed by atoms with Gasteiger partial charge in [0.15, 0.2) is 34.9 Å². The van der Waals surface area contributed by atoms with E-state index in [9.17, 15) is 10.5 Å². The van der Waals surface area contributed by atoms with Crippen LogP contribution in [-0.2, 0) is 0 Å². The van der Waals surface area contributed by atoms with E-state index in [0.29, 0.717) is 46.1 Å². The van der Waals surface area contributed by atoms with Crippen LogP contribution in [-0.4, -0.2) is 39.0 Å². The second-order valence-corrected chi connectivity index (χ2v) is 22.0. The molecule has 0 unspecified atom stereocenters. The van der Waals surface area contributed by atoms with E-state index in [1.165, 1.54) is 0 Å². The van der Waals surface area contributed by atoms with E-state index in [4.69, 9.17) is 29.9 Å². The molecule has 4 aromatic heterocycles. The highest BCUT2D eigenvalue weighted by atomic mass is 15.0. The van der Waals surface area contributed by atoms with Crippen molar-refractivity contribution in [2.24, 2.45) is 0 Å². The summed E-state index contributed by atoms with van der Waals surface area (Å²) in [6.45, 7) is 0. The molecule has 10 nitrogen and oxygen atoms in total. The van der Waals surface area contributed by atoms with Crippen molar-refractivity contribution in [3.8, 4) is 125 Å². The minimum atomic E-state index is 0.464. The van der Waals surface area contributed by atoms with Crippen LogP contribution in [0.3, 0.4) is 0 Å². The van der Waals surface area contributed by atoms with Gasteiger partial charge in [-0.3, -0.25) is 0 Å². The van der Waals surface area contributed by atoms with E-state index in [2.05, 4.69) is 155 Å². The quantitative estimate of drug-likeness (QED) is 0.125. The first kappa shape index (κ1) is 52.8. The number of para-hydroxylation sites is 4. The third kappa shape index (κ3) is 9.29. The molecule has 12 aromatic carbocycles. The van der Waals surface area contributed by atoms with E-state index in [0.717, 1.165) is 122 Å². The third-order valence-electron chi connectivity index (χ3n) is 16.7. The van der Waals surface area contributed by atoms with Crippen LogP contribution < -0.4 is 0 Å². The van der Waals surface area contributed by atoms with Gasteiger partial charge in [-0.25, -0.2) is 29.9 Å². The number of nitrogens with zero attached hydrogens (tertiary/aromatic N) is 10. The fourth-order valence-electron chi connectivity index (χ4n) is 12.6. The second kappa shape index (κ2) is 22.3. The maximum atomic E-state index is 11.0. The molecule has 0 fully saturated rings. The highest BCUT2D eigenvalue weighted by Crippen LogP contribution is 2.47. The zero-order valence-electron chi connectivity index (χ0n) is 48.2. The number of benzene rings is 12. The van der Waals surface area contributed by atoms with Gasteiger partial charge in [0.1, 0.15) is 0 Å². The summed E-state index contributed by atoms with van der Waals surface area (Å²) in [5.41, 5.74) is 16.4. The number of hydrogen-bond acceptors (Lipinski definition) is 8. The molecular weight excluding hydrogens is 1100 g/mol. The third-order valence-corrected chi connectivity index (χ3v) is 16.7. The molecular formula is C80H48N10. The normalized spacial score (nSPS) is 11.3. The van der Waals surface area contributed by atoms with Crippen LogP contribution in [0.4, 0.5) is 0 Å². The van der Waals surface area contributed by atoms with Crippen molar-refractivity contribution in [3.63, 3.8) is 0 Å². The molecule has 0 spiro atoms. The highest BCUT2D eigenvalue weighted by molar-refractivity contribution is 6.12. The lowest BCUT2D eigenvalue weighted by atomic mass is 9.86. The highest BCUT2D eigenvalue weighted by Gasteiger charge is 2.26. The van der Waals surface area contributed by atoms with Crippen LogP contribution in [0.2, 0.25) is 0 Å². The molecule has 0 atom stereocenters. The number of aromatic nitrogens is 8. The van der Waals surface area contributed by atoms with E-state index >= 15 is 0 Å². The summed E-state index contributed by atoms with van der Waals surface area (Å²) in [4.78, 5) is 31.1. The lowest BCUT2D eigenvalue weighted by Crippen LogP contribution is -2.03. The van der Waals surface area contributed by atoms with Gasteiger partial charge in [0.2, 0.25) is 0 Å². The zero-order chi connectivity index (χ0) is 60.1. The maximum Gasteiger partial charge on any atom is 0.164 e. The van der Waals surface area contributed by atoms with Gasteiger partial charge in [0.25, 0.3) is 0 Å². The molecule has 418 valence electrons. The van der Waals surface area contributed by atoms with Gasteiger partial charge in [0, 0.05) is 66.1 Å². The lowest BCUT2D eigenvalue weighted by molar-refractivity contribution is 1.07. The van der Waals surface area contributed by atoms with Gasteiger partial charge in [0.05, 0.1) is 56.7 Å². The molecule has 0 aliphatic heterocycles. The van der Waals surface area contributed by atoms with Crippen molar-refractivity contribution in [2.75, 3.05) is 0 Å². The average Bonchev–Trinajstić information content (AvgIpc) is 1.52. The van der Waals surface area contributed by atoms with Crippen LogP contribution in [0.15, 0.2) is 291 Å². The molecule has 4 heterocycles. The Hall–Kier alpha value is -12.8. The fourth-order valence-corrected chi connectivity index (χ4v) is 12.6. The summed E-state index contributed by atoms with van der Waals surface area (Å²) in [5, 5.41) is 26.4. The molecule has 16 aromatic rings. The molecule has 0 aliphatic rings. The van der Waals surface area contributed by atoms with Crippen LogP contribution >= 0.6 is 0 Å². The van der Waals surface area contributed by atoms with Gasteiger partial charge in [-0.2, -0.15) is 10.5 Å². The largest absolute Gasteiger partial charge is 0.309 e. The molecule has 0 N–H and O–H groups in total. The van der Waals surface area contributed by atoms with Crippen molar-refractivity contribution in [3.05, 3.63) is 302 Å². The predicted octanol–water partition coefficient (Wildman–Crippen LogP) is 19.0. The van der Waals surface area contributed by atoms with Crippen molar-refractivity contribution in [1.29, 1.82) is 10.5 Å². The Kier molecular flexibility index (Phi) is 13.1. The molecule has 0 saturated heterocycles. The topological polar surface area (TPSA) is 135 Å². The summed E-state index contributed by atoms with van der Waals surface area (Å²) < 4.78 is 4.63. The summed E-state index contributed by atoms with van der Waals surface area (Å²) in [7, 11) is 0. The second-order valence-electron chi connectivity index (χ2n) is 22.0. The van der Waals surface area contributed by atoms with Crippen molar-refractivity contribution < 1.29 is 0 Å². The predicted molar refractivity (Wildman–Crippen MR) is 360 cm³/mol. The average molecular weight is 1150 g/mol. The molecule has 0 saturated carbocycles. The minimum absolute atomic E-state index is 0.464. The Labute approximate surface area is 517 Å². The van der Waals surface area contributed by atoms with Gasteiger partial charge in [-0.15, -0.1) is 0 Å².